The van der Waals surface area contributed by atoms with Gasteiger partial charge < -0.3 is 0 Å². The van der Waals surface area contributed by atoms with E-state index in [-0.39, 0.29) is 5.69 Å². The molecule has 0 saturated heterocycles. The molecule has 0 unspecified atom stereocenters. The second kappa shape index (κ2) is 5.21. The van der Waals surface area contributed by atoms with Crippen molar-refractivity contribution in [3.8, 4) is 10.7 Å². The molecule has 0 bridgehead atoms. The summed E-state index contributed by atoms with van der Waals surface area (Å²) in [5, 5.41) is 30.5. The summed E-state index contributed by atoms with van der Waals surface area (Å²) in [7, 11) is 0. The zero-order valence-electron chi connectivity index (χ0n) is 11.8. The van der Waals surface area contributed by atoms with Gasteiger partial charge in [-0.2, -0.15) is 14.7 Å². The second-order valence-corrected chi connectivity index (χ2v) is 6.71. The highest BCUT2D eigenvalue weighted by Crippen LogP contribution is 2.26. The van der Waals surface area contributed by atoms with Crippen LogP contribution in [-0.4, -0.2) is 34.5 Å². The van der Waals surface area contributed by atoms with Crippen LogP contribution in [0.15, 0.2) is 23.7 Å². The van der Waals surface area contributed by atoms with E-state index >= 15 is 0 Å². The molecule has 0 radical (unpaired) electrons. The van der Waals surface area contributed by atoms with Gasteiger partial charge in [-0.25, -0.2) is 0 Å². The highest BCUT2D eigenvalue weighted by atomic mass is 32.1. The van der Waals surface area contributed by atoms with Gasteiger partial charge in [-0.15, -0.1) is 21.5 Å². The average molecular weight is 347 g/mol. The average Bonchev–Trinajstić information content (AvgIpc) is 3.24. The molecule has 0 aliphatic heterocycles. The highest BCUT2D eigenvalue weighted by molar-refractivity contribution is 7.16. The van der Waals surface area contributed by atoms with Crippen LogP contribution < -0.4 is 0 Å². The van der Waals surface area contributed by atoms with Crippen molar-refractivity contribution < 1.29 is 4.92 Å². The summed E-state index contributed by atoms with van der Waals surface area (Å²) in [6.45, 7) is 2.03. The van der Waals surface area contributed by atoms with Crippen LogP contribution in [0.1, 0.15) is 10.7 Å². The van der Waals surface area contributed by atoms with Gasteiger partial charge in [-0.05, 0) is 18.4 Å². The summed E-state index contributed by atoms with van der Waals surface area (Å²) in [5.41, 5.74) is 0.506. The number of aromatic nitrogens is 6. The maximum Gasteiger partial charge on any atom is 0.309 e. The third-order valence-electron chi connectivity index (χ3n) is 3.33. The molecule has 0 amide bonds. The minimum atomic E-state index is -0.438. The van der Waals surface area contributed by atoms with E-state index in [9.17, 15) is 10.1 Å². The van der Waals surface area contributed by atoms with Crippen LogP contribution >= 0.6 is 22.7 Å². The first-order valence-electron chi connectivity index (χ1n) is 6.55. The van der Waals surface area contributed by atoms with Crippen LogP contribution in [0.5, 0.6) is 0 Å². The predicted octanol–water partition coefficient (Wildman–Crippen LogP) is 2.38. The molecule has 4 aromatic heterocycles. The smallest absolute Gasteiger partial charge is 0.258 e. The van der Waals surface area contributed by atoms with Crippen molar-refractivity contribution in [2.45, 2.75) is 13.5 Å². The Labute approximate surface area is 137 Å². The molecule has 0 atom stereocenters. The fourth-order valence-corrected chi connectivity index (χ4v) is 3.69. The number of hydrogen-bond donors (Lipinski definition) is 0. The van der Waals surface area contributed by atoms with Gasteiger partial charge in [-0.3, -0.25) is 14.8 Å². The Bertz CT molecular complexity index is 998. The molecule has 0 N–H and O–H groups in total. The molecule has 0 aliphatic carbocycles. The van der Waals surface area contributed by atoms with Crippen LogP contribution in [-0.2, 0) is 6.54 Å². The van der Waals surface area contributed by atoms with Crippen molar-refractivity contribution in [1.82, 2.24) is 29.6 Å². The first-order valence-corrected chi connectivity index (χ1v) is 8.25. The molecule has 23 heavy (non-hydrogen) atoms. The number of nitro groups is 1. The first kappa shape index (κ1) is 14.0. The van der Waals surface area contributed by atoms with Crippen molar-refractivity contribution in [3.63, 3.8) is 0 Å². The molecule has 4 aromatic rings. The van der Waals surface area contributed by atoms with E-state index in [0.717, 1.165) is 9.88 Å². The fraction of sp³-hybridized carbons (Fsp3) is 0.167. The first-order chi connectivity index (χ1) is 11.1. The number of rotatable bonds is 4. The monoisotopic (exact) mass is 347 g/mol. The van der Waals surface area contributed by atoms with Crippen molar-refractivity contribution >= 4 is 33.3 Å². The normalized spacial score (nSPS) is 11.3. The number of nitrogens with zero attached hydrogens (tertiary/aromatic N) is 7. The summed E-state index contributed by atoms with van der Waals surface area (Å²) < 4.78 is 3.26. The van der Waals surface area contributed by atoms with Gasteiger partial charge in [0, 0.05) is 0 Å². The van der Waals surface area contributed by atoms with E-state index in [1.807, 2.05) is 17.5 Å². The lowest BCUT2D eigenvalue weighted by molar-refractivity contribution is -0.385. The van der Waals surface area contributed by atoms with Crippen LogP contribution in [0, 0.1) is 17.0 Å². The summed E-state index contributed by atoms with van der Waals surface area (Å²) >= 11 is 2.96. The van der Waals surface area contributed by atoms with Gasteiger partial charge in [0.2, 0.25) is 4.96 Å². The van der Waals surface area contributed by atoms with Gasteiger partial charge in [0.25, 0.3) is 0 Å². The molecule has 4 rings (SSSR count). The Morgan fingerprint density at radius 1 is 1.39 bits per heavy atom. The molecule has 116 valence electrons. The summed E-state index contributed by atoms with van der Waals surface area (Å²) in [5.74, 6) is 0.695. The minimum Gasteiger partial charge on any atom is -0.258 e. The molecule has 11 heteroatoms. The fourth-order valence-electron chi connectivity index (χ4n) is 2.18. The van der Waals surface area contributed by atoms with Crippen molar-refractivity contribution in [2.24, 2.45) is 0 Å². The van der Waals surface area contributed by atoms with Gasteiger partial charge in [0.15, 0.2) is 5.82 Å². The molecular weight excluding hydrogens is 338 g/mol. The Kier molecular flexibility index (Phi) is 3.16. The lowest BCUT2D eigenvalue weighted by Crippen LogP contribution is -2.04. The third kappa shape index (κ3) is 2.29. The molecule has 0 spiro atoms. The van der Waals surface area contributed by atoms with Gasteiger partial charge >= 0.3 is 5.69 Å². The number of hydrogen-bond acceptors (Lipinski definition) is 8. The maximum absolute atomic E-state index is 10.9. The van der Waals surface area contributed by atoms with E-state index in [1.165, 1.54) is 17.5 Å². The van der Waals surface area contributed by atoms with E-state index in [4.69, 9.17) is 0 Å². The quantitative estimate of drug-likeness (QED) is 0.415. The molecule has 0 aliphatic rings. The zero-order chi connectivity index (χ0) is 16.0. The molecule has 9 nitrogen and oxygen atoms in total. The van der Waals surface area contributed by atoms with Crippen LogP contribution in [0.25, 0.3) is 15.7 Å². The van der Waals surface area contributed by atoms with Crippen molar-refractivity contribution in [3.05, 3.63) is 44.5 Å². The summed E-state index contributed by atoms with van der Waals surface area (Å²) in [6, 6.07) is 3.90. The van der Waals surface area contributed by atoms with Crippen LogP contribution in [0.4, 0.5) is 5.69 Å². The Hall–Kier alpha value is -2.66. The standard InChI is InChI=1S/C12H9N7O2S2/c1-7-8(19(20)21)5-13-17(7)6-10-16-18-11(9-3-2-4-22-9)14-15-12(18)23-10/h2-5H,6H2,1H3. The SMILES string of the molecule is Cc1c([N+](=O)[O-])cnn1Cc1nn2c(-c3cccs3)nnc2s1. The van der Waals surface area contributed by atoms with Crippen LogP contribution in [0.2, 0.25) is 0 Å². The topological polar surface area (TPSA) is 104 Å². The molecule has 0 saturated carbocycles. The number of fused-ring (bicyclic) bond motifs is 1. The lowest BCUT2D eigenvalue weighted by Gasteiger charge is -1.99. The lowest BCUT2D eigenvalue weighted by atomic mass is 10.4. The Balaban J connectivity index is 1.69. The molecular formula is C12H9N7O2S2. The van der Waals surface area contributed by atoms with E-state index in [0.29, 0.717) is 23.0 Å². The van der Waals surface area contributed by atoms with E-state index in [2.05, 4.69) is 20.4 Å². The third-order valence-corrected chi connectivity index (χ3v) is 5.08. The largest absolute Gasteiger partial charge is 0.309 e. The van der Waals surface area contributed by atoms with E-state index < -0.39 is 4.92 Å². The molecule has 0 fully saturated rings. The van der Waals surface area contributed by atoms with Gasteiger partial charge in [0.05, 0.1) is 16.3 Å². The number of thiophene rings is 1. The van der Waals surface area contributed by atoms with Crippen LogP contribution in [0.3, 0.4) is 0 Å². The second-order valence-electron chi connectivity index (χ2n) is 4.72. The Morgan fingerprint density at radius 2 is 2.26 bits per heavy atom. The highest BCUT2D eigenvalue weighted by Gasteiger charge is 2.19. The maximum atomic E-state index is 10.9. The van der Waals surface area contributed by atoms with Gasteiger partial charge in [0.1, 0.15) is 16.9 Å². The zero-order valence-corrected chi connectivity index (χ0v) is 13.4. The van der Waals surface area contributed by atoms with Crippen molar-refractivity contribution in [1.29, 1.82) is 0 Å². The molecule has 0 aromatic carbocycles. The Morgan fingerprint density at radius 3 is 2.96 bits per heavy atom. The molecule has 4 heterocycles. The minimum absolute atomic E-state index is 0.00674. The predicted molar refractivity (Wildman–Crippen MR) is 84.7 cm³/mol. The van der Waals surface area contributed by atoms with Crippen molar-refractivity contribution in [2.75, 3.05) is 0 Å². The summed E-state index contributed by atoms with van der Waals surface area (Å²) in [4.78, 5) is 12.1. The van der Waals surface area contributed by atoms with Gasteiger partial charge in [-0.1, -0.05) is 17.4 Å². The van der Waals surface area contributed by atoms with E-state index in [1.54, 1.807) is 27.5 Å². The summed E-state index contributed by atoms with van der Waals surface area (Å²) in [6.07, 6.45) is 1.26.